The maximum Gasteiger partial charge on any atom is 0.247 e. The van der Waals surface area contributed by atoms with Crippen molar-refractivity contribution in [1.29, 1.82) is 0 Å². The number of nitrogens with one attached hydrogen (secondary N) is 1. The lowest BCUT2D eigenvalue weighted by atomic mass is 10.2. The number of carbonyl (C=O) groups excluding carboxylic acids is 1. The van der Waals surface area contributed by atoms with Gasteiger partial charge in [-0.1, -0.05) is 0 Å². The molecule has 1 amide bonds. The third-order valence-electron chi connectivity index (χ3n) is 3.82. The number of ether oxygens (including phenoxy) is 2. The minimum absolute atomic E-state index is 0.189. The summed E-state index contributed by atoms with van der Waals surface area (Å²) in [5, 5.41) is 2.65. The third kappa shape index (κ3) is 4.88. The van der Waals surface area contributed by atoms with Crippen LogP contribution in [0.15, 0.2) is 42.5 Å². The highest BCUT2D eigenvalue weighted by atomic mass is 32.2. The van der Waals surface area contributed by atoms with E-state index in [1.54, 1.807) is 18.2 Å². The molecule has 7 nitrogen and oxygen atoms in total. The van der Waals surface area contributed by atoms with Crippen molar-refractivity contribution in [2.45, 2.75) is 13.0 Å². The average molecular weight is 396 g/mol. The average Bonchev–Trinajstić information content (AvgIpc) is 2.62. The Bertz CT molecular complexity index is 916. The summed E-state index contributed by atoms with van der Waals surface area (Å²) in [4.78, 5) is 12.6. The smallest absolute Gasteiger partial charge is 0.247 e. The minimum Gasteiger partial charge on any atom is -0.493 e. The molecule has 0 fully saturated rings. The van der Waals surface area contributed by atoms with Crippen LogP contribution in [0.5, 0.6) is 11.5 Å². The second kappa shape index (κ2) is 8.26. The molecule has 2 aromatic carbocycles. The highest BCUT2D eigenvalue weighted by molar-refractivity contribution is 7.92. The molecule has 0 heterocycles. The number of nitrogens with zero attached hydrogens (tertiary/aromatic N) is 1. The molecular formula is C18H21FN2O5S. The van der Waals surface area contributed by atoms with Crippen molar-refractivity contribution in [2.75, 3.05) is 30.1 Å². The van der Waals surface area contributed by atoms with Crippen LogP contribution in [0.1, 0.15) is 6.92 Å². The number of sulfonamides is 1. The number of amides is 1. The van der Waals surface area contributed by atoms with Crippen molar-refractivity contribution in [3.63, 3.8) is 0 Å². The summed E-state index contributed by atoms with van der Waals surface area (Å²) in [5.74, 6) is -0.152. The second-order valence-electron chi connectivity index (χ2n) is 5.77. The topological polar surface area (TPSA) is 84.9 Å². The van der Waals surface area contributed by atoms with Crippen molar-refractivity contribution in [3.8, 4) is 11.5 Å². The molecule has 9 heteroatoms. The number of rotatable bonds is 7. The molecule has 2 aromatic rings. The Hall–Kier alpha value is -2.81. The second-order valence-corrected chi connectivity index (χ2v) is 7.63. The Labute approximate surface area is 157 Å². The first-order valence-corrected chi connectivity index (χ1v) is 9.80. The van der Waals surface area contributed by atoms with Gasteiger partial charge in [0.05, 0.1) is 26.2 Å². The van der Waals surface area contributed by atoms with E-state index in [-0.39, 0.29) is 5.69 Å². The van der Waals surface area contributed by atoms with Crippen molar-refractivity contribution >= 4 is 27.3 Å². The van der Waals surface area contributed by atoms with Gasteiger partial charge in [0.25, 0.3) is 0 Å². The van der Waals surface area contributed by atoms with Crippen LogP contribution in [0, 0.1) is 5.82 Å². The Balaban J connectivity index is 2.29. The maximum absolute atomic E-state index is 13.2. The van der Waals surface area contributed by atoms with Gasteiger partial charge in [0.15, 0.2) is 11.5 Å². The van der Waals surface area contributed by atoms with Gasteiger partial charge in [0.2, 0.25) is 15.9 Å². The fourth-order valence-electron chi connectivity index (χ4n) is 2.56. The highest BCUT2D eigenvalue weighted by Crippen LogP contribution is 2.30. The number of halogens is 1. The molecule has 0 aliphatic heterocycles. The van der Waals surface area contributed by atoms with Gasteiger partial charge in [-0.15, -0.1) is 0 Å². The Morgan fingerprint density at radius 3 is 2.19 bits per heavy atom. The molecule has 146 valence electrons. The SMILES string of the molecule is COc1ccc(NC(=O)[C@H](C)N(c2ccc(F)cc2)S(C)(=O)=O)cc1OC. The molecule has 0 aliphatic carbocycles. The minimum atomic E-state index is -3.79. The number of hydrogen-bond acceptors (Lipinski definition) is 5. The molecule has 27 heavy (non-hydrogen) atoms. The van der Waals surface area contributed by atoms with Crippen molar-refractivity contribution in [2.24, 2.45) is 0 Å². The molecule has 0 bridgehead atoms. The van der Waals surface area contributed by atoms with Crippen LogP contribution < -0.4 is 19.1 Å². The van der Waals surface area contributed by atoms with Gasteiger partial charge in [0.1, 0.15) is 11.9 Å². The first-order chi connectivity index (χ1) is 12.7. The predicted molar refractivity (Wildman–Crippen MR) is 101 cm³/mol. The van der Waals surface area contributed by atoms with Gasteiger partial charge in [-0.3, -0.25) is 9.10 Å². The van der Waals surface area contributed by atoms with Gasteiger partial charge >= 0.3 is 0 Å². The molecule has 0 aliphatic rings. The quantitative estimate of drug-likeness (QED) is 0.778. The first-order valence-electron chi connectivity index (χ1n) is 7.95. The standard InChI is InChI=1S/C18H21FN2O5S/c1-12(21(27(4,23)24)15-8-5-13(19)6-9-15)18(22)20-14-7-10-16(25-2)17(11-14)26-3/h5-12H,1-4H3,(H,20,22)/t12-/m0/s1. The first kappa shape index (κ1) is 20.5. The fraction of sp³-hybridized carbons (Fsp3) is 0.278. The van der Waals surface area contributed by atoms with E-state index >= 15 is 0 Å². The van der Waals surface area contributed by atoms with Crippen LogP contribution in [0.4, 0.5) is 15.8 Å². The molecule has 1 N–H and O–H groups in total. The number of methoxy groups -OCH3 is 2. The summed E-state index contributed by atoms with van der Waals surface area (Å²) in [7, 11) is -0.830. The fourth-order valence-corrected chi connectivity index (χ4v) is 3.73. The highest BCUT2D eigenvalue weighted by Gasteiger charge is 2.29. The van der Waals surface area contributed by atoms with Gasteiger partial charge < -0.3 is 14.8 Å². The van der Waals surface area contributed by atoms with E-state index in [1.165, 1.54) is 33.3 Å². The lowest BCUT2D eigenvalue weighted by molar-refractivity contribution is -0.116. The Morgan fingerprint density at radius 2 is 1.67 bits per heavy atom. The predicted octanol–water partition coefficient (Wildman–Crippen LogP) is 2.64. The largest absolute Gasteiger partial charge is 0.493 e. The maximum atomic E-state index is 13.2. The zero-order valence-corrected chi connectivity index (χ0v) is 16.2. The van der Waals surface area contributed by atoms with E-state index in [2.05, 4.69) is 5.32 Å². The normalized spacial score (nSPS) is 12.2. The molecule has 0 unspecified atom stereocenters. The van der Waals surface area contributed by atoms with Crippen molar-refractivity contribution in [1.82, 2.24) is 0 Å². The third-order valence-corrected chi connectivity index (χ3v) is 5.06. The molecule has 0 aromatic heterocycles. The molecular weight excluding hydrogens is 375 g/mol. The Morgan fingerprint density at radius 1 is 1.07 bits per heavy atom. The molecule has 2 rings (SSSR count). The zero-order chi connectivity index (χ0) is 20.2. The lowest BCUT2D eigenvalue weighted by Crippen LogP contribution is -2.45. The number of benzene rings is 2. The zero-order valence-electron chi connectivity index (χ0n) is 15.4. The number of anilines is 2. The summed E-state index contributed by atoms with van der Waals surface area (Å²) in [6, 6.07) is 8.58. The van der Waals surface area contributed by atoms with Crippen molar-refractivity contribution in [3.05, 3.63) is 48.3 Å². The Kier molecular flexibility index (Phi) is 6.27. The van der Waals surface area contributed by atoms with Crippen molar-refractivity contribution < 1.29 is 27.1 Å². The number of carbonyl (C=O) groups is 1. The summed E-state index contributed by atoms with van der Waals surface area (Å²) in [6.07, 6.45) is 0.983. The van der Waals surface area contributed by atoms with Crippen LogP contribution in [0.2, 0.25) is 0 Å². The van der Waals surface area contributed by atoms with Gasteiger partial charge in [0, 0.05) is 11.8 Å². The summed E-state index contributed by atoms with van der Waals surface area (Å²) in [5.41, 5.74) is 0.603. The summed E-state index contributed by atoms with van der Waals surface area (Å²) < 4.78 is 48.8. The van der Waals surface area contributed by atoms with E-state index in [4.69, 9.17) is 9.47 Å². The van der Waals surface area contributed by atoms with Crippen LogP contribution in [0.3, 0.4) is 0 Å². The lowest BCUT2D eigenvalue weighted by Gasteiger charge is -2.28. The van der Waals surface area contributed by atoms with Gasteiger partial charge in [-0.05, 0) is 43.3 Å². The van der Waals surface area contributed by atoms with Gasteiger partial charge in [-0.2, -0.15) is 0 Å². The summed E-state index contributed by atoms with van der Waals surface area (Å²) in [6.45, 7) is 1.44. The molecule has 0 saturated heterocycles. The van der Waals surface area contributed by atoms with E-state index in [0.29, 0.717) is 17.2 Å². The van der Waals surface area contributed by atoms with Gasteiger partial charge in [-0.25, -0.2) is 12.8 Å². The summed E-state index contributed by atoms with van der Waals surface area (Å²) >= 11 is 0. The van der Waals surface area contributed by atoms with Crippen LogP contribution in [-0.4, -0.2) is 40.8 Å². The van der Waals surface area contributed by atoms with Crippen LogP contribution >= 0.6 is 0 Å². The van der Waals surface area contributed by atoms with E-state index in [0.717, 1.165) is 22.7 Å². The molecule has 1 atom stereocenters. The molecule has 0 radical (unpaired) electrons. The molecule has 0 spiro atoms. The number of hydrogen-bond donors (Lipinski definition) is 1. The van der Waals surface area contributed by atoms with Crippen LogP contribution in [0.25, 0.3) is 0 Å². The molecule has 0 saturated carbocycles. The van der Waals surface area contributed by atoms with E-state index in [9.17, 15) is 17.6 Å². The van der Waals surface area contributed by atoms with Crippen LogP contribution in [-0.2, 0) is 14.8 Å². The van der Waals surface area contributed by atoms with E-state index in [1.807, 2.05) is 0 Å². The monoisotopic (exact) mass is 396 g/mol. The van der Waals surface area contributed by atoms with E-state index < -0.39 is 27.8 Å².